The maximum atomic E-state index is 13.0. The summed E-state index contributed by atoms with van der Waals surface area (Å²) in [6, 6.07) is 9.06. The van der Waals surface area contributed by atoms with Crippen LogP contribution in [0.1, 0.15) is 45.6 Å². The maximum Gasteiger partial charge on any atom is 0.325 e. The summed E-state index contributed by atoms with van der Waals surface area (Å²) in [5.74, 6) is -0.260. The minimum absolute atomic E-state index is 0.0216. The van der Waals surface area contributed by atoms with Gasteiger partial charge in [0.25, 0.3) is 5.91 Å². The SMILES string of the molecule is C[C@H]1CC(C)(C)C[C@]2(C1)NC(=O)N(CC(=O)NCc1ccccc1)C2=O. The number of carbonyl (C=O) groups is 3. The van der Waals surface area contributed by atoms with Crippen molar-refractivity contribution >= 4 is 17.8 Å². The van der Waals surface area contributed by atoms with Crippen LogP contribution in [0.15, 0.2) is 30.3 Å². The van der Waals surface area contributed by atoms with Crippen LogP contribution in [0.25, 0.3) is 0 Å². The Hall–Kier alpha value is -2.37. The van der Waals surface area contributed by atoms with Crippen LogP contribution in [0.4, 0.5) is 4.79 Å². The third kappa shape index (κ3) is 3.74. The summed E-state index contributed by atoms with van der Waals surface area (Å²) in [5.41, 5.74) is 0.0850. The molecule has 2 aliphatic rings. The third-order valence-corrected chi connectivity index (χ3v) is 5.26. The molecule has 1 aromatic carbocycles. The monoisotopic (exact) mass is 357 g/mol. The van der Waals surface area contributed by atoms with E-state index in [-0.39, 0.29) is 23.8 Å². The maximum absolute atomic E-state index is 13.0. The molecule has 6 nitrogen and oxygen atoms in total. The Bertz CT molecular complexity index is 716. The molecular weight excluding hydrogens is 330 g/mol. The Morgan fingerprint density at radius 3 is 2.58 bits per heavy atom. The number of urea groups is 1. The highest BCUT2D eigenvalue weighted by molar-refractivity contribution is 6.09. The van der Waals surface area contributed by atoms with Crippen LogP contribution in [0.2, 0.25) is 0 Å². The Morgan fingerprint density at radius 1 is 1.23 bits per heavy atom. The van der Waals surface area contributed by atoms with E-state index in [1.54, 1.807) is 0 Å². The smallest absolute Gasteiger partial charge is 0.325 e. The Morgan fingerprint density at radius 2 is 1.92 bits per heavy atom. The van der Waals surface area contributed by atoms with Crippen molar-refractivity contribution in [1.29, 1.82) is 0 Å². The Balaban J connectivity index is 1.65. The van der Waals surface area contributed by atoms with Crippen molar-refractivity contribution in [3.8, 4) is 0 Å². The molecule has 1 saturated heterocycles. The molecule has 2 atom stereocenters. The van der Waals surface area contributed by atoms with Crippen LogP contribution in [0, 0.1) is 11.3 Å². The van der Waals surface area contributed by atoms with Crippen molar-refractivity contribution in [2.75, 3.05) is 6.54 Å². The highest BCUT2D eigenvalue weighted by atomic mass is 16.2. The van der Waals surface area contributed by atoms with Gasteiger partial charge in [-0.15, -0.1) is 0 Å². The van der Waals surface area contributed by atoms with Crippen LogP contribution in [-0.4, -0.2) is 34.8 Å². The zero-order valence-electron chi connectivity index (χ0n) is 15.7. The molecule has 26 heavy (non-hydrogen) atoms. The number of nitrogens with one attached hydrogen (secondary N) is 2. The molecule has 140 valence electrons. The summed E-state index contributed by atoms with van der Waals surface area (Å²) in [6.45, 7) is 6.49. The zero-order chi connectivity index (χ0) is 18.9. The summed E-state index contributed by atoms with van der Waals surface area (Å²) >= 11 is 0. The minimum atomic E-state index is -0.863. The third-order valence-electron chi connectivity index (χ3n) is 5.26. The molecule has 4 amide bonds. The van der Waals surface area contributed by atoms with Gasteiger partial charge < -0.3 is 10.6 Å². The lowest BCUT2D eigenvalue weighted by Gasteiger charge is -2.43. The number of hydrogen-bond donors (Lipinski definition) is 2. The lowest BCUT2D eigenvalue weighted by atomic mass is 9.64. The second-order valence-corrected chi connectivity index (χ2v) is 8.52. The van der Waals surface area contributed by atoms with Gasteiger partial charge in [0.15, 0.2) is 0 Å². The summed E-state index contributed by atoms with van der Waals surface area (Å²) < 4.78 is 0. The van der Waals surface area contributed by atoms with E-state index in [0.29, 0.717) is 25.3 Å². The molecular formula is C20H27N3O3. The van der Waals surface area contributed by atoms with Crippen molar-refractivity contribution in [1.82, 2.24) is 15.5 Å². The van der Waals surface area contributed by atoms with Gasteiger partial charge in [-0.25, -0.2) is 4.79 Å². The predicted octanol–water partition coefficient (Wildman–Crippen LogP) is 2.44. The first-order valence-corrected chi connectivity index (χ1v) is 9.16. The molecule has 3 rings (SSSR count). The average Bonchev–Trinajstić information content (AvgIpc) is 2.75. The van der Waals surface area contributed by atoms with E-state index in [1.807, 2.05) is 30.3 Å². The van der Waals surface area contributed by atoms with Gasteiger partial charge in [-0.2, -0.15) is 0 Å². The molecule has 1 aliphatic heterocycles. The average molecular weight is 357 g/mol. The lowest BCUT2D eigenvalue weighted by Crippen LogP contribution is -2.54. The van der Waals surface area contributed by atoms with Gasteiger partial charge in [0, 0.05) is 6.54 Å². The first kappa shape index (κ1) is 18.4. The largest absolute Gasteiger partial charge is 0.350 e. The van der Waals surface area contributed by atoms with E-state index in [9.17, 15) is 14.4 Å². The molecule has 0 radical (unpaired) electrons. The topological polar surface area (TPSA) is 78.5 Å². The fraction of sp³-hybridized carbons (Fsp3) is 0.550. The molecule has 1 aliphatic carbocycles. The molecule has 1 saturated carbocycles. The fourth-order valence-electron chi connectivity index (χ4n) is 4.65. The predicted molar refractivity (Wildman–Crippen MR) is 98.1 cm³/mol. The van der Waals surface area contributed by atoms with Gasteiger partial charge in [-0.3, -0.25) is 14.5 Å². The molecule has 0 aromatic heterocycles. The van der Waals surface area contributed by atoms with Crippen molar-refractivity contribution in [3.05, 3.63) is 35.9 Å². The van der Waals surface area contributed by atoms with Gasteiger partial charge >= 0.3 is 6.03 Å². The zero-order valence-corrected chi connectivity index (χ0v) is 15.7. The second-order valence-electron chi connectivity index (χ2n) is 8.52. The van der Waals surface area contributed by atoms with Crippen LogP contribution in [0.5, 0.6) is 0 Å². The number of imide groups is 1. The number of benzene rings is 1. The van der Waals surface area contributed by atoms with Gasteiger partial charge in [-0.1, -0.05) is 51.1 Å². The summed E-state index contributed by atoms with van der Waals surface area (Å²) in [5, 5.41) is 5.66. The van der Waals surface area contributed by atoms with E-state index >= 15 is 0 Å². The minimum Gasteiger partial charge on any atom is -0.350 e. The van der Waals surface area contributed by atoms with Gasteiger partial charge in [0.1, 0.15) is 12.1 Å². The number of carbonyl (C=O) groups excluding carboxylic acids is 3. The molecule has 0 bridgehead atoms. The standard InChI is InChI=1S/C20H27N3O3/c1-14-9-19(2,3)13-20(10-14)17(25)23(18(26)22-20)12-16(24)21-11-15-7-5-4-6-8-15/h4-8,14H,9-13H2,1-3H3,(H,21,24)(H,22,26)/t14-,20-/m0/s1. The highest BCUT2D eigenvalue weighted by Crippen LogP contribution is 2.46. The van der Waals surface area contributed by atoms with Crippen LogP contribution in [0.3, 0.4) is 0 Å². The van der Waals surface area contributed by atoms with Gasteiger partial charge in [0.05, 0.1) is 0 Å². The fourth-order valence-corrected chi connectivity index (χ4v) is 4.65. The van der Waals surface area contributed by atoms with Crippen LogP contribution < -0.4 is 10.6 Å². The van der Waals surface area contributed by atoms with Crippen LogP contribution >= 0.6 is 0 Å². The van der Waals surface area contributed by atoms with Gasteiger partial charge in [-0.05, 0) is 36.2 Å². The number of amides is 4. The molecule has 2 fully saturated rings. The normalized spacial score (nSPS) is 27.5. The summed E-state index contributed by atoms with van der Waals surface area (Å²) in [6.07, 6.45) is 2.26. The number of hydrogen-bond acceptors (Lipinski definition) is 3. The molecule has 1 spiro atoms. The molecule has 0 unspecified atom stereocenters. The molecule has 6 heteroatoms. The number of nitrogens with zero attached hydrogens (tertiary/aromatic N) is 1. The lowest BCUT2D eigenvalue weighted by molar-refractivity contribution is -0.137. The summed E-state index contributed by atoms with van der Waals surface area (Å²) in [4.78, 5) is 38.7. The van der Waals surface area contributed by atoms with Gasteiger partial charge in [0.2, 0.25) is 5.91 Å². The first-order valence-electron chi connectivity index (χ1n) is 9.16. The highest BCUT2D eigenvalue weighted by Gasteiger charge is 2.56. The summed E-state index contributed by atoms with van der Waals surface area (Å²) in [7, 11) is 0. The van der Waals surface area contributed by atoms with Crippen molar-refractivity contribution in [2.24, 2.45) is 11.3 Å². The quantitative estimate of drug-likeness (QED) is 0.813. The van der Waals surface area contributed by atoms with E-state index in [1.165, 1.54) is 0 Å². The van der Waals surface area contributed by atoms with E-state index in [4.69, 9.17) is 0 Å². The van der Waals surface area contributed by atoms with Crippen molar-refractivity contribution < 1.29 is 14.4 Å². The Kier molecular flexibility index (Phi) is 4.78. The van der Waals surface area contributed by atoms with E-state index in [2.05, 4.69) is 31.4 Å². The second kappa shape index (κ2) is 6.74. The first-order chi connectivity index (χ1) is 12.2. The van der Waals surface area contributed by atoms with Crippen molar-refractivity contribution in [3.63, 3.8) is 0 Å². The van der Waals surface area contributed by atoms with E-state index in [0.717, 1.165) is 16.9 Å². The molecule has 2 N–H and O–H groups in total. The van der Waals surface area contributed by atoms with Crippen LogP contribution in [-0.2, 0) is 16.1 Å². The van der Waals surface area contributed by atoms with E-state index < -0.39 is 11.6 Å². The molecule has 1 aromatic rings. The van der Waals surface area contributed by atoms with Crippen molar-refractivity contribution in [2.45, 2.75) is 52.1 Å². The number of rotatable bonds is 4. The Labute approximate surface area is 154 Å². The molecule has 1 heterocycles.